The lowest BCUT2D eigenvalue weighted by Crippen LogP contribution is -2.82. The van der Waals surface area contributed by atoms with E-state index in [1.165, 1.54) is 28.8 Å². The largest absolute Gasteiger partial charge is 0.479 e. The molecule has 0 spiro atoms. The fourth-order valence-corrected chi connectivity index (χ4v) is 9.34. The topological polar surface area (TPSA) is 194 Å². The van der Waals surface area contributed by atoms with E-state index in [0.717, 1.165) is 6.20 Å². The van der Waals surface area contributed by atoms with Crippen LogP contribution in [-0.2, 0) is 26.2 Å². The minimum absolute atomic E-state index is 0.0372. The monoisotopic (exact) mass is 566 g/mol. The van der Waals surface area contributed by atoms with Crippen LogP contribution in [0.2, 0.25) is 0 Å². The molecule has 12 heteroatoms. The zero-order chi connectivity index (χ0) is 29.6. The lowest BCUT2D eigenvalue weighted by molar-refractivity contribution is -0.182. The molecule has 1 aromatic carbocycles. The zero-order valence-electron chi connectivity index (χ0n) is 22.4. The molecular formula is C28H30N4O7S. The highest BCUT2D eigenvalue weighted by Crippen LogP contribution is 2.67. The summed E-state index contributed by atoms with van der Waals surface area (Å²) < 4.78 is -1.32. The Hall–Kier alpha value is -3.93. The molecule has 2 saturated heterocycles. The van der Waals surface area contributed by atoms with E-state index < -0.39 is 72.9 Å². The second-order valence-electron chi connectivity index (χ2n) is 11.8. The third-order valence-corrected chi connectivity index (χ3v) is 10.4. The second kappa shape index (κ2) is 8.53. The predicted octanol–water partition coefficient (Wildman–Crippen LogP) is 1.19. The van der Waals surface area contributed by atoms with Crippen molar-refractivity contribution in [2.45, 2.75) is 61.6 Å². The Labute approximate surface area is 233 Å². The summed E-state index contributed by atoms with van der Waals surface area (Å²) in [6.45, 7) is 6.65. The van der Waals surface area contributed by atoms with Gasteiger partial charge in [-0.15, -0.1) is 11.8 Å². The molecule has 0 radical (unpaired) electrons. The number of Topliss-reactive ketones (excluding diaryl/α,β-unsaturated/α-hetero) is 1. The van der Waals surface area contributed by atoms with Crippen LogP contribution < -0.4 is 16.9 Å². The van der Waals surface area contributed by atoms with E-state index in [0.29, 0.717) is 0 Å². The Bertz CT molecular complexity index is 1570. The first-order valence-electron chi connectivity index (χ1n) is 12.7. The molecule has 1 aromatic heterocycles. The molecule has 0 saturated carbocycles. The van der Waals surface area contributed by atoms with Crippen molar-refractivity contribution < 1.29 is 29.1 Å². The molecule has 2 fully saturated rings. The molecular weight excluding hydrogens is 536 g/mol. The summed E-state index contributed by atoms with van der Waals surface area (Å²) in [6, 6.07) is 7.91. The maximum Gasteiger partial charge on any atom is 0.332 e. The number of pyridine rings is 1. The van der Waals surface area contributed by atoms with E-state index in [2.05, 4.69) is 4.98 Å². The van der Waals surface area contributed by atoms with Crippen LogP contribution in [0.15, 0.2) is 41.3 Å². The quantitative estimate of drug-likeness (QED) is 0.374. The van der Waals surface area contributed by atoms with Gasteiger partial charge >= 0.3 is 5.97 Å². The highest BCUT2D eigenvalue weighted by atomic mass is 32.2. The number of carboxylic acids is 1. The number of β-lactam (4-membered cyclic amide) rings is 1. The van der Waals surface area contributed by atoms with Crippen LogP contribution in [0.4, 0.5) is 0 Å². The van der Waals surface area contributed by atoms with Crippen molar-refractivity contribution in [3.63, 3.8) is 0 Å². The fraction of sp³-hybridized carbons (Fsp3) is 0.429. The molecule has 2 aliphatic heterocycles. The number of aliphatic carboxylic acids is 1. The van der Waals surface area contributed by atoms with E-state index in [9.17, 15) is 33.9 Å². The van der Waals surface area contributed by atoms with Gasteiger partial charge in [0.25, 0.3) is 5.91 Å². The first-order valence-corrected chi connectivity index (χ1v) is 13.6. The first-order chi connectivity index (χ1) is 18.6. The number of nitrogens with two attached hydrogens (primary N) is 2. The number of nitrogens with one attached hydrogen (secondary N) is 1. The Balaban J connectivity index is 1.96. The van der Waals surface area contributed by atoms with Gasteiger partial charge in [-0.1, -0.05) is 44.2 Å². The Kier molecular flexibility index (Phi) is 5.89. The molecule has 3 heterocycles. The molecule has 11 nitrogen and oxygen atoms in total. The van der Waals surface area contributed by atoms with Crippen LogP contribution in [0.1, 0.15) is 66.1 Å². The van der Waals surface area contributed by atoms with E-state index >= 15 is 0 Å². The van der Waals surface area contributed by atoms with Crippen LogP contribution in [0.5, 0.6) is 0 Å². The van der Waals surface area contributed by atoms with Crippen LogP contribution in [-0.4, -0.2) is 60.1 Å². The number of carboxylic acid groups (broad SMARTS) is 1. The molecule has 3 amide bonds. The maximum atomic E-state index is 14.7. The lowest BCUT2D eigenvalue weighted by Gasteiger charge is -2.60. The normalized spacial score (nSPS) is 27.6. The number of aromatic nitrogens is 1. The average molecular weight is 567 g/mol. The van der Waals surface area contributed by atoms with Gasteiger partial charge in [0, 0.05) is 22.6 Å². The van der Waals surface area contributed by atoms with Gasteiger partial charge in [0.15, 0.2) is 11.3 Å². The number of amides is 3. The Morgan fingerprint density at radius 3 is 2.23 bits per heavy atom. The van der Waals surface area contributed by atoms with Gasteiger partial charge in [-0.3, -0.25) is 24.0 Å². The number of aromatic amines is 1. The van der Waals surface area contributed by atoms with Crippen LogP contribution in [0.3, 0.4) is 0 Å². The predicted molar refractivity (Wildman–Crippen MR) is 145 cm³/mol. The Morgan fingerprint density at radius 2 is 1.70 bits per heavy atom. The molecule has 0 bridgehead atoms. The zero-order valence-corrected chi connectivity index (χ0v) is 23.3. The van der Waals surface area contributed by atoms with E-state index in [4.69, 9.17) is 11.5 Å². The minimum atomic E-state index is -2.34. The summed E-state index contributed by atoms with van der Waals surface area (Å²) in [5.41, 5.74) is 4.49. The molecule has 2 aromatic rings. The fourth-order valence-electron chi connectivity index (χ4n) is 7.53. The number of carbonyl (C=O) groups excluding carboxylic acids is 4. The number of fused-ring (bicyclic) bond motifs is 2. The van der Waals surface area contributed by atoms with Crippen LogP contribution in [0, 0.1) is 11.3 Å². The SMILES string of the molecule is CC1(C)Cc2[nH]cc(C(N)=O)c(=O)c2C(=O)C1C(C(N)=O)(c1ccccc1)[C@]1(C(=O)O)N2C(=O)C[C@H]2SC1(C)C. The summed E-state index contributed by atoms with van der Waals surface area (Å²) in [5.74, 6) is -6.52. The van der Waals surface area contributed by atoms with Crippen molar-refractivity contribution in [2.24, 2.45) is 22.8 Å². The van der Waals surface area contributed by atoms with Gasteiger partial charge in [0.1, 0.15) is 11.0 Å². The minimum Gasteiger partial charge on any atom is -0.479 e. The summed E-state index contributed by atoms with van der Waals surface area (Å²) >= 11 is 1.23. The molecule has 2 unspecified atom stereocenters. The van der Waals surface area contributed by atoms with Crippen molar-refractivity contribution in [3.05, 3.63) is 69.1 Å². The molecule has 3 aliphatic rings. The third kappa shape index (κ3) is 3.13. The van der Waals surface area contributed by atoms with Crippen LogP contribution >= 0.6 is 11.8 Å². The number of ketones is 1. The number of primary amides is 2. The molecule has 1 aliphatic carbocycles. The third-order valence-electron chi connectivity index (χ3n) is 8.85. The van der Waals surface area contributed by atoms with E-state index in [-0.39, 0.29) is 29.7 Å². The molecule has 210 valence electrons. The maximum absolute atomic E-state index is 14.7. The van der Waals surface area contributed by atoms with Gasteiger partial charge in [0.2, 0.25) is 17.2 Å². The van der Waals surface area contributed by atoms with Gasteiger partial charge in [-0.25, -0.2) is 4.79 Å². The molecule has 40 heavy (non-hydrogen) atoms. The van der Waals surface area contributed by atoms with Crippen molar-refractivity contribution in [1.29, 1.82) is 0 Å². The van der Waals surface area contributed by atoms with Gasteiger partial charge in [0.05, 0.1) is 17.4 Å². The van der Waals surface area contributed by atoms with Crippen LogP contribution in [0.25, 0.3) is 0 Å². The highest BCUT2D eigenvalue weighted by Gasteiger charge is 2.82. The summed E-state index contributed by atoms with van der Waals surface area (Å²) in [6.07, 6.45) is 1.25. The summed E-state index contributed by atoms with van der Waals surface area (Å²) in [5, 5.41) is 10.6. The van der Waals surface area contributed by atoms with Crippen molar-refractivity contribution in [3.8, 4) is 0 Å². The van der Waals surface area contributed by atoms with E-state index in [1.807, 2.05) is 0 Å². The smallest absolute Gasteiger partial charge is 0.332 e. The number of hydrogen-bond acceptors (Lipinski definition) is 7. The van der Waals surface area contributed by atoms with Gasteiger partial charge in [-0.05, 0) is 31.2 Å². The number of nitrogens with zero attached hydrogens (tertiary/aromatic N) is 1. The van der Waals surface area contributed by atoms with Crippen molar-refractivity contribution in [2.75, 3.05) is 0 Å². The van der Waals surface area contributed by atoms with Crippen molar-refractivity contribution >= 4 is 41.2 Å². The number of thioether (sulfide) groups is 1. The number of H-pyrrole nitrogens is 1. The van der Waals surface area contributed by atoms with Gasteiger partial charge < -0.3 is 26.5 Å². The molecule has 4 atom stereocenters. The standard InChI is InChI=1S/C28H30N4O7S/c1-25(2)11-15-18(19(34)14(12-31-15)22(29)36)20(35)21(25)27(23(30)37,13-8-6-5-7-9-13)28(24(38)39)26(3,4)40-17-10-16(33)32(17)28/h5-9,12,17,21H,10-11H2,1-4H3,(H2,29,36)(H2,30,37)(H,31,34)(H,38,39)/t17-,21?,27?,28-/m1/s1. The number of carbonyl (C=O) groups is 5. The second-order valence-corrected chi connectivity index (χ2v) is 13.6. The van der Waals surface area contributed by atoms with Crippen molar-refractivity contribution in [1.82, 2.24) is 9.88 Å². The summed E-state index contributed by atoms with van der Waals surface area (Å²) in [4.78, 5) is 85.4. The molecule has 5 rings (SSSR count). The Morgan fingerprint density at radius 1 is 1.07 bits per heavy atom. The number of benzene rings is 1. The summed E-state index contributed by atoms with van der Waals surface area (Å²) in [7, 11) is 0. The highest BCUT2D eigenvalue weighted by molar-refractivity contribution is 8.01. The first kappa shape index (κ1) is 27.6. The van der Waals surface area contributed by atoms with Gasteiger partial charge in [-0.2, -0.15) is 0 Å². The number of hydrogen-bond donors (Lipinski definition) is 4. The number of rotatable bonds is 6. The molecule has 6 N–H and O–H groups in total. The average Bonchev–Trinajstić information content (AvgIpc) is 3.04. The lowest BCUT2D eigenvalue weighted by atomic mass is 9.45. The van der Waals surface area contributed by atoms with E-state index in [1.54, 1.807) is 45.9 Å².